The van der Waals surface area contributed by atoms with Crippen LogP contribution in [0.1, 0.15) is 28.7 Å². The summed E-state index contributed by atoms with van der Waals surface area (Å²) in [5, 5.41) is 3.71. The summed E-state index contributed by atoms with van der Waals surface area (Å²) in [7, 11) is 3.30. The third-order valence-corrected chi connectivity index (χ3v) is 6.73. The second-order valence-corrected chi connectivity index (χ2v) is 8.24. The Morgan fingerprint density at radius 1 is 1.11 bits per heavy atom. The quantitative estimate of drug-likeness (QED) is 0.527. The second-order valence-electron chi connectivity index (χ2n) is 7.35. The smallest absolute Gasteiger partial charge is 0.331 e. The molecule has 0 saturated carbocycles. The fourth-order valence-electron chi connectivity index (χ4n) is 4.39. The third-order valence-electron chi connectivity index (χ3n) is 5.66. The highest BCUT2D eigenvalue weighted by atomic mass is 32.1. The van der Waals surface area contributed by atoms with Gasteiger partial charge in [0.15, 0.2) is 0 Å². The minimum absolute atomic E-state index is 0.0939. The first kappa shape index (κ1) is 17.2. The van der Waals surface area contributed by atoms with Crippen LogP contribution >= 0.6 is 11.3 Å². The molecule has 1 aliphatic rings. The molecule has 6 nitrogen and oxygen atoms in total. The zero-order chi connectivity index (χ0) is 19.6. The van der Waals surface area contributed by atoms with E-state index in [4.69, 9.17) is 4.98 Å². The van der Waals surface area contributed by atoms with Crippen LogP contribution in [0.2, 0.25) is 0 Å². The molecule has 0 aliphatic carbocycles. The Labute approximate surface area is 165 Å². The molecule has 0 saturated heterocycles. The first-order chi connectivity index (χ1) is 13.5. The molecule has 5 rings (SSSR count). The van der Waals surface area contributed by atoms with Crippen molar-refractivity contribution in [2.75, 3.05) is 0 Å². The lowest BCUT2D eigenvalue weighted by Crippen LogP contribution is -2.37. The van der Waals surface area contributed by atoms with Gasteiger partial charge in [0.25, 0.3) is 5.56 Å². The molecule has 0 unspecified atom stereocenters. The Kier molecular flexibility index (Phi) is 3.71. The molecule has 1 aliphatic heterocycles. The van der Waals surface area contributed by atoms with Crippen molar-refractivity contribution in [2.24, 2.45) is 14.1 Å². The van der Waals surface area contributed by atoms with Gasteiger partial charge in [-0.3, -0.25) is 13.9 Å². The predicted octanol–water partition coefficient (Wildman–Crippen LogP) is 3.01. The van der Waals surface area contributed by atoms with Gasteiger partial charge in [-0.15, -0.1) is 11.3 Å². The number of fused-ring (bicyclic) bond motifs is 3. The van der Waals surface area contributed by atoms with E-state index in [0.29, 0.717) is 5.39 Å². The standard InChI is InChI=1S/C21H20N4O2S/c1-12-11-28-19(22-12)14-9-10-25-16(13-7-5-4-6-8-13)15-18(17(14)25)23(2)21(27)24(3)20(15)26/h4-8,11,14H,9-10H2,1-3H3/t14-/m1/s1. The maximum atomic E-state index is 13.2. The zero-order valence-corrected chi connectivity index (χ0v) is 16.8. The number of aryl methyl sites for hydroxylation is 2. The highest BCUT2D eigenvalue weighted by Crippen LogP contribution is 2.44. The van der Waals surface area contributed by atoms with Gasteiger partial charge in [-0.25, -0.2) is 9.78 Å². The van der Waals surface area contributed by atoms with Crippen molar-refractivity contribution in [1.82, 2.24) is 18.7 Å². The van der Waals surface area contributed by atoms with Crippen LogP contribution < -0.4 is 11.2 Å². The highest BCUT2D eigenvalue weighted by Gasteiger charge is 2.35. The number of benzene rings is 1. The van der Waals surface area contributed by atoms with Gasteiger partial charge in [0.1, 0.15) is 5.01 Å². The summed E-state index contributed by atoms with van der Waals surface area (Å²) in [6.45, 7) is 2.79. The van der Waals surface area contributed by atoms with Gasteiger partial charge in [-0.2, -0.15) is 0 Å². The SMILES string of the molecule is Cc1csc([C@@H]2CCn3c(-c4ccccc4)c4c(=O)n(C)c(=O)n(C)c4c32)n1. The van der Waals surface area contributed by atoms with E-state index in [-0.39, 0.29) is 17.2 Å². The lowest BCUT2D eigenvalue weighted by molar-refractivity contribution is 0.705. The molecule has 7 heteroatoms. The summed E-state index contributed by atoms with van der Waals surface area (Å²) >= 11 is 1.65. The molecule has 0 spiro atoms. The Bertz CT molecular complexity index is 1340. The zero-order valence-electron chi connectivity index (χ0n) is 16.0. The molecule has 0 fully saturated rings. The fraction of sp³-hybridized carbons (Fsp3) is 0.286. The molecule has 3 aromatic heterocycles. The molecule has 4 heterocycles. The van der Waals surface area contributed by atoms with Gasteiger partial charge < -0.3 is 4.57 Å². The van der Waals surface area contributed by atoms with E-state index >= 15 is 0 Å². The van der Waals surface area contributed by atoms with Gasteiger partial charge >= 0.3 is 5.69 Å². The molecule has 0 amide bonds. The number of nitrogens with zero attached hydrogens (tertiary/aromatic N) is 4. The van der Waals surface area contributed by atoms with Crippen molar-refractivity contribution in [2.45, 2.75) is 25.8 Å². The molecular formula is C21H20N4O2S. The molecule has 4 aromatic rings. The molecule has 28 heavy (non-hydrogen) atoms. The average molecular weight is 392 g/mol. The Hall–Kier alpha value is -2.93. The van der Waals surface area contributed by atoms with E-state index in [1.807, 2.05) is 37.3 Å². The monoisotopic (exact) mass is 392 g/mol. The van der Waals surface area contributed by atoms with E-state index in [1.165, 1.54) is 4.57 Å². The molecular weight excluding hydrogens is 372 g/mol. The van der Waals surface area contributed by atoms with Crippen molar-refractivity contribution >= 4 is 22.2 Å². The minimum atomic E-state index is -0.300. The van der Waals surface area contributed by atoms with Crippen LogP contribution in [0.15, 0.2) is 45.3 Å². The van der Waals surface area contributed by atoms with Gasteiger partial charge in [-0.1, -0.05) is 30.3 Å². The first-order valence-electron chi connectivity index (χ1n) is 9.28. The van der Waals surface area contributed by atoms with Crippen LogP contribution in [0.4, 0.5) is 0 Å². The van der Waals surface area contributed by atoms with E-state index in [9.17, 15) is 9.59 Å². The summed E-state index contributed by atoms with van der Waals surface area (Å²) in [5.41, 5.74) is 4.12. The maximum absolute atomic E-state index is 13.2. The Balaban J connectivity index is 1.95. The second kappa shape index (κ2) is 6.04. The van der Waals surface area contributed by atoms with Crippen LogP contribution in [0, 0.1) is 6.92 Å². The van der Waals surface area contributed by atoms with E-state index < -0.39 is 0 Å². The van der Waals surface area contributed by atoms with Crippen molar-refractivity contribution in [3.8, 4) is 11.3 Å². The van der Waals surface area contributed by atoms with Crippen LogP contribution in [0.25, 0.3) is 22.2 Å². The van der Waals surface area contributed by atoms with Gasteiger partial charge in [0.05, 0.1) is 28.2 Å². The predicted molar refractivity (Wildman–Crippen MR) is 111 cm³/mol. The number of hydrogen-bond donors (Lipinski definition) is 0. The van der Waals surface area contributed by atoms with E-state index in [2.05, 4.69) is 9.95 Å². The van der Waals surface area contributed by atoms with Crippen molar-refractivity contribution in [3.63, 3.8) is 0 Å². The molecule has 1 aromatic carbocycles. The van der Waals surface area contributed by atoms with E-state index in [0.717, 1.165) is 46.1 Å². The topological polar surface area (TPSA) is 61.8 Å². The van der Waals surface area contributed by atoms with E-state index in [1.54, 1.807) is 30.0 Å². The lowest BCUT2D eigenvalue weighted by atomic mass is 10.0. The van der Waals surface area contributed by atoms with Gasteiger partial charge in [0, 0.05) is 31.7 Å². The van der Waals surface area contributed by atoms with Crippen molar-refractivity contribution in [1.29, 1.82) is 0 Å². The molecule has 0 bridgehead atoms. The summed E-state index contributed by atoms with van der Waals surface area (Å²) in [6.07, 6.45) is 0.918. The Morgan fingerprint density at radius 2 is 1.86 bits per heavy atom. The number of aromatic nitrogens is 4. The largest absolute Gasteiger partial charge is 0.341 e. The summed E-state index contributed by atoms with van der Waals surface area (Å²) in [6, 6.07) is 9.96. The fourth-order valence-corrected chi connectivity index (χ4v) is 5.32. The normalized spacial score (nSPS) is 16.0. The van der Waals surface area contributed by atoms with Crippen LogP contribution in [0.5, 0.6) is 0 Å². The number of rotatable bonds is 2. The average Bonchev–Trinajstić information content (AvgIpc) is 3.39. The molecule has 0 radical (unpaired) electrons. The van der Waals surface area contributed by atoms with Crippen molar-refractivity contribution < 1.29 is 0 Å². The summed E-state index contributed by atoms with van der Waals surface area (Å²) < 4.78 is 5.04. The molecule has 0 N–H and O–H groups in total. The molecule has 142 valence electrons. The number of thiazole rings is 1. The van der Waals surface area contributed by atoms with Crippen LogP contribution in [-0.4, -0.2) is 18.7 Å². The van der Waals surface area contributed by atoms with Crippen LogP contribution in [-0.2, 0) is 20.6 Å². The van der Waals surface area contributed by atoms with Crippen molar-refractivity contribution in [3.05, 3.63) is 72.9 Å². The minimum Gasteiger partial charge on any atom is -0.341 e. The highest BCUT2D eigenvalue weighted by molar-refractivity contribution is 7.09. The first-order valence-corrected chi connectivity index (χ1v) is 10.2. The van der Waals surface area contributed by atoms with Gasteiger partial charge in [-0.05, 0) is 18.9 Å². The molecule has 1 atom stereocenters. The number of hydrogen-bond acceptors (Lipinski definition) is 4. The lowest BCUT2D eigenvalue weighted by Gasteiger charge is -2.10. The third kappa shape index (κ3) is 2.22. The summed E-state index contributed by atoms with van der Waals surface area (Å²) in [5.74, 6) is 0.0939. The summed E-state index contributed by atoms with van der Waals surface area (Å²) in [4.78, 5) is 30.6. The van der Waals surface area contributed by atoms with Crippen LogP contribution in [0.3, 0.4) is 0 Å². The van der Waals surface area contributed by atoms with Gasteiger partial charge in [0.2, 0.25) is 0 Å². The maximum Gasteiger partial charge on any atom is 0.331 e. The Morgan fingerprint density at radius 3 is 2.54 bits per heavy atom.